The van der Waals surface area contributed by atoms with Crippen LogP contribution in [-0.2, 0) is 0 Å². The van der Waals surface area contributed by atoms with Gasteiger partial charge in [0, 0.05) is 0 Å². The van der Waals surface area contributed by atoms with E-state index < -0.39 is 12.2 Å². The predicted molar refractivity (Wildman–Crippen MR) is 46.6 cm³/mol. The number of rotatable bonds is 1. The number of imide groups is 1. The molecule has 1 rings (SSSR count). The maximum absolute atomic E-state index is 10.5. The summed E-state index contributed by atoms with van der Waals surface area (Å²) in [4.78, 5) is 21.2. The Morgan fingerprint density at radius 2 is 1.43 bits per heavy atom. The van der Waals surface area contributed by atoms with Crippen molar-refractivity contribution in [2.24, 2.45) is 0 Å². The molecule has 2 amide bonds. The van der Waals surface area contributed by atoms with Crippen LogP contribution in [0.3, 0.4) is 0 Å². The Kier molecular flexibility index (Phi) is 2.57. The van der Waals surface area contributed by atoms with Crippen LogP contribution in [0.1, 0.15) is 0 Å². The van der Waals surface area contributed by atoms with Gasteiger partial charge in [-0.05, 0) is 24.3 Å². The topological polar surface area (TPSA) is 98.1 Å². The number of phenolic OH excluding ortho intramolecular Hbond substituents is 1. The van der Waals surface area contributed by atoms with Crippen molar-refractivity contribution >= 4 is 17.9 Å². The maximum atomic E-state index is 10.5. The Morgan fingerprint density at radius 3 is 1.79 bits per heavy atom. The van der Waals surface area contributed by atoms with Crippen LogP contribution in [0, 0.1) is 0 Å². The SMILES string of the molecule is O=C(O)N(C(=O)O)c1ccc(O)cc1. The highest BCUT2D eigenvalue weighted by atomic mass is 16.4. The van der Waals surface area contributed by atoms with E-state index in [4.69, 9.17) is 15.3 Å². The first-order valence-corrected chi connectivity index (χ1v) is 3.57. The van der Waals surface area contributed by atoms with E-state index in [0.29, 0.717) is 0 Å². The first kappa shape index (κ1) is 9.85. The number of carbonyl (C=O) groups is 2. The number of anilines is 1. The number of aromatic hydroxyl groups is 1. The summed E-state index contributed by atoms with van der Waals surface area (Å²) in [5.74, 6) is -0.0653. The lowest BCUT2D eigenvalue weighted by molar-refractivity contribution is 0.184. The van der Waals surface area contributed by atoms with Crippen LogP contribution in [0.4, 0.5) is 15.3 Å². The summed E-state index contributed by atoms with van der Waals surface area (Å²) in [6.07, 6.45) is -3.19. The highest BCUT2D eigenvalue weighted by Gasteiger charge is 2.21. The first-order valence-electron chi connectivity index (χ1n) is 3.57. The number of amides is 2. The van der Waals surface area contributed by atoms with Gasteiger partial charge in [0.25, 0.3) is 0 Å². The zero-order valence-corrected chi connectivity index (χ0v) is 6.91. The molecule has 1 aromatic rings. The van der Waals surface area contributed by atoms with Crippen molar-refractivity contribution in [3.05, 3.63) is 24.3 Å². The van der Waals surface area contributed by atoms with Gasteiger partial charge < -0.3 is 15.3 Å². The Labute approximate surface area is 78.6 Å². The average Bonchev–Trinajstić information content (AvgIpc) is 2.07. The molecule has 0 fully saturated rings. The van der Waals surface area contributed by atoms with Gasteiger partial charge >= 0.3 is 12.2 Å². The molecule has 0 saturated heterocycles. The predicted octanol–water partition coefficient (Wildman–Crippen LogP) is 1.55. The summed E-state index contributed by atoms with van der Waals surface area (Å²) in [5, 5.41) is 26.0. The molecule has 1 aromatic carbocycles. The lowest BCUT2D eigenvalue weighted by atomic mass is 10.3. The van der Waals surface area contributed by atoms with Gasteiger partial charge in [-0.1, -0.05) is 0 Å². The molecule has 0 aromatic heterocycles. The zero-order valence-electron chi connectivity index (χ0n) is 6.91. The molecule has 6 heteroatoms. The first-order chi connectivity index (χ1) is 6.52. The van der Waals surface area contributed by atoms with Crippen molar-refractivity contribution in [3.63, 3.8) is 0 Å². The maximum Gasteiger partial charge on any atom is 0.421 e. The minimum Gasteiger partial charge on any atom is -0.508 e. The van der Waals surface area contributed by atoms with E-state index in [1.807, 2.05) is 0 Å². The fraction of sp³-hybridized carbons (Fsp3) is 0. The molecule has 0 aliphatic heterocycles. The van der Waals surface area contributed by atoms with E-state index in [2.05, 4.69) is 0 Å². The summed E-state index contributed by atoms with van der Waals surface area (Å²) in [6.45, 7) is 0. The summed E-state index contributed by atoms with van der Waals surface area (Å²) in [7, 11) is 0. The molecule has 0 spiro atoms. The summed E-state index contributed by atoms with van der Waals surface area (Å²) in [5.41, 5.74) is -0.0391. The van der Waals surface area contributed by atoms with Crippen LogP contribution >= 0.6 is 0 Å². The standard InChI is InChI=1S/C8H7NO5/c10-6-3-1-5(2-4-6)9(7(11)12)8(13)14/h1-4,10H,(H,11,12)(H,13,14). The van der Waals surface area contributed by atoms with Crippen LogP contribution in [0.25, 0.3) is 0 Å². The molecule has 0 atom stereocenters. The highest BCUT2D eigenvalue weighted by Crippen LogP contribution is 2.18. The molecule has 0 radical (unpaired) electrons. The van der Waals surface area contributed by atoms with Gasteiger partial charge in [0.1, 0.15) is 5.75 Å². The van der Waals surface area contributed by atoms with Gasteiger partial charge in [-0.3, -0.25) is 0 Å². The Morgan fingerprint density at radius 1 is 1.00 bits per heavy atom. The van der Waals surface area contributed by atoms with Gasteiger partial charge in [-0.2, -0.15) is 4.90 Å². The second kappa shape index (κ2) is 3.65. The van der Waals surface area contributed by atoms with Crippen molar-refractivity contribution in [2.45, 2.75) is 0 Å². The van der Waals surface area contributed by atoms with E-state index >= 15 is 0 Å². The fourth-order valence-corrected chi connectivity index (χ4v) is 0.904. The molecule has 0 aliphatic rings. The second-order valence-corrected chi connectivity index (χ2v) is 2.42. The molecule has 0 saturated carbocycles. The zero-order chi connectivity index (χ0) is 10.7. The van der Waals surface area contributed by atoms with Crippen LogP contribution in [0.2, 0.25) is 0 Å². The molecule has 0 aliphatic carbocycles. The van der Waals surface area contributed by atoms with Crippen LogP contribution < -0.4 is 4.90 Å². The highest BCUT2D eigenvalue weighted by molar-refractivity contribution is 6.07. The Hall–Kier alpha value is -2.24. The van der Waals surface area contributed by atoms with Crippen LogP contribution in [0.15, 0.2) is 24.3 Å². The van der Waals surface area contributed by atoms with Crippen molar-refractivity contribution < 1.29 is 24.9 Å². The summed E-state index contributed by atoms with van der Waals surface area (Å²) >= 11 is 0. The third-order valence-electron chi connectivity index (χ3n) is 1.49. The largest absolute Gasteiger partial charge is 0.508 e. The molecule has 14 heavy (non-hydrogen) atoms. The summed E-state index contributed by atoms with van der Waals surface area (Å²) in [6, 6.07) is 4.79. The van der Waals surface area contributed by atoms with E-state index in [0.717, 1.165) is 0 Å². The normalized spacial score (nSPS) is 9.43. The number of nitrogens with zero attached hydrogens (tertiary/aromatic N) is 1. The molecule has 74 valence electrons. The Balaban J connectivity index is 3.06. The minimum atomic E-state index is -1.59. The van der Waals surface area contributed by atoms with E-state index in [1.54, 1.807) is 0 Å². The van der Waals surface area contributed by atoms with E-state index in [1.165, 1.54) is 24.3 Å². The summed E-state index contributed by atoms with van der Waals surface area (Å²) < 4.78 is 0. The van der Waals surface area contributed by atoms with E-state index in [-0.39, 0.29) is 16.3 Å². The van der Waals surface area contributed by atoms with Gasteiger partial charge in [0.05, 0.1) is 5.69 Å². The monoisotopic (exact) mass is 197 g/mol. The number of hydrogen-bond acceptors (Lipinski definition) is 3. The Bertz CT molecular complexity index is 344. The molecule has 0 unspecified atom stereocenters. The van der Waals surface area contributed by atoms with E-state index in [9.17, 15) is 9.59 Å². The molecular weight excluding hydrogens is 190 g/mol. The van der Waals surface area contributed by atoms with Crippen LogP contribution in [-0.4, -0.2) is 27.5 Å². The third kappa shape index (κ3) is 1.92. The average molecular weight is 197 g/mol. The van der Waals surface area contributed by atoms with Crippen molar-refractivity contribution in [2.75, 3.05) is 4.90 Å². The lowest BCUT2D eigenvalue weighted by Crippen LogP contribution is -2.34. The molecular formula is C8H7NO5. The quantitative estimate of drug-likeness (QED) is 0.634. The minimum absolute atomic E-state index is 0.0391. The molecule has 3 N–H and O–H groups in total. The number of phenols is 1. The van der Waals surface area contributed by atoms with Crippen molar-refractivity contribution in [1.29, 1.82) is 0 Å². The molecule has 0 heterocycles. The van der Waals surface area contributed by atoms with Gasteiger partial charge in [0.15, 0.2) is 0 Å². The molecule has 6 nitrogen and oxygen atoms in total. The van der Waals surface area contributed by atoms with Crippen molar-refractivity contribution in [1.82, 2.24) is 0 Å². The smallest absolute Gasteiger partial charge is 0.421 e. The van der Waals surface area contributed by atoms with Gasteiger partial charge in [0.2, 0.25) is 0 Å². The van der Waals surface area contributed by atoms with Crippen molar-refractivity contribution in [3.8, 4) is 5.75 Å². The second-order valence-electron chi connectivity index (χ2n) is 2.42. The van der Waals surface area contributed by atoms with Gasteiger partial charge in [-0.15, -0.1) is 0 Å². The van der Waals surface area contributed by atoms with Gasteiger partial charge in [-0.25, -0.2) is 9.59 Å². The fourth-order valence-electron chi connectivity index (χ4n) is 0.904. The number of carboxylic acid groups (broad SMARTS) is 2. The molecule has 0 bridgehead atoms. The lowest BCUT2D eigenvalue weighted by Gasteiger charge is -2.12. The number of hydrogen-bond donors (Lipinski definition) is 3. The third-order valence-corrected chi connectivity index (χ3v) is 1.49. The number of benzene rings is 1. The van der Waals surface area contributed by atoms with Crippen LogP contribution in [0.5, 0.6) is 5.75 Å².